The number of hydrogen-bond acceptors (Lipinski definition) is 5. The van der Waals surface area contributed by atoms with Crippen molar-refractivity contribution in [3.63, 3.8) is 0 Å². The standard InChI is InChI=1S/C34H34N2O3/c1-5-36(18-17-22(2)3)25-15-16-28-31(20-25)38-32-21-30(35-24-11-7-6-8-12-24)23(4)19-29(32)34(28)27-14-10-9-13-26(27)33(37)39-34/h6-16,19-22,35H,5,17-18H2,1-4H3. The average Bonchev–Trinajstić information content (AvgIpc) is 3.23. The van der Waals surface area contributed by atoms with E-state index in [2.05, 4.69) is 62.2 Å². The summed E-state index contributed by atoms with van der Waals surface area (Å²) >= 11 is 0. The van der Waals surface area contributed by atoms with Crippen LogP contribution in [-0.4, -0.2) is 19.1 Å². The van der Waals surface area contributed by atoms with Gasteiger partial charge in [0, 0.05) is 59.0 Å². The third-order valence-electron chi connectivity index (χ3n) is 7.82. The van der Waals surface area contributed by atoms with Crippen molar-refractivity contribution in [3.8, 4) is 11.5 Å². The molecule has 0 saturated heterocycles. The first-order valence-electron chi connectivity index (χ1n) is 13.8. The molecule has 2 aliphatic heterocycles. The number of esters is 1. The minimum Gasteiger partial charge on any atom is -0.456 e. The largest absolute Gasteiger partial charge is 0.456 e. The van der Waals surface area contributed by atoms with Crippen LogP contribution >= 0.6 is 0 Å². The zero-order valence-corrected chi connectivity index (χ0v) is 23.0. The first kappa shape index (κ1) is 25.1. The van der Waals surface area contributed by atoms with Crippen molar-refractivity contribution < 1.29 is 14.3 Å². The van der Waals surface area contributed by atoms with Crippen LogP contribution in [0.1, 0.15) is 59.8 Å². The number of para-hydroxylation sites is 1. The van der Waals surface area contributed by atoms with Gasteiger partial charge >= 0.3 is 5.97 Å². The predicted octanol–water partition coefficient (Wildman–Crippen LogP) is 8.18. The van der Waals surface area contributed by atoms with Gasteiger partial charge in [0.1, 0.15) is 11.5 Å². The molecule has 0 radical (unpaired) electrons. The number of carbonyl (C=O) groups excluding carboxylic acids is 1. The first-order chi connectivity index (χ1) is 18.9. The number of carbonyl (C=O) groups is 1. The van der Waals surface area contributed by atoms with Gasteiger partial charge in [-0.1, -0.05) is 50.2 Å². The highest BCUT2D eigenvalue weighted by Crippen LogP contribution is 2.57. The zero-order valence-electron chi connectivity index (χ0n) is 23.0. The van der Waals surface area contributed by atoms with Crippen LogP contribution in [0.4, 0.5) is 17.1 Å². The minimum atomic E-state index is -1.07. The van der Waals surface area contributed by atoms with E-state index < -0.39 is 5.60 Å². The Morgan fingerprint density at radius 3 is 2.38 bits per heavy atom. The Labute approximate surface area is 230 Å². The van der Waals surface area contributed by atoms with E-state index in [1.807, 2.05) is 60.7 Å². The summed E-state index contributed by atoms with van der Waals surface area (Å²) in [5.74, 6) is 1.70. The fourth-order valence-electron chi connectivity index (χ4n) is 5.71. The summed E-state index contributed by atoms with van der Waals surface area (Å²) in [7, 11) is 0. The molecule has 1 unspecified atom stereocenters. The second-order valence-electron chi connectivity index (χ2n) is 10.8. The summed E-state index contributed by atoms with van der Waals surface area (Å²) in [4.78, 5) is 15.6. The Balaban J connectivity index is 1.51. The van der Waals surface area contributed by atoms with Crippen molar-refractivity contribution in [3.05, 3.63) is 113 Å². The molecule has 39 heavy (non-hydrogen) atoms. The number of anilines is 3. The normalized spacial score (nSPS) is 16.8. The summed E-state index contributed by atoms with van der Waals surface area (Å²) in [6, 6.07) is 28.2. The molecule has 5 heteroatoms. The molecule has 0 fully saturated rings. The molecule has 6 rings (SSSR count). The number of benzene rings is 4. The van der Waals surface area contributed by atoms with E-state index in [0.29, 0.717) is 23.0 Å². The number of rotatable bonds is 7. The molecule has 4 aromatic rings. The summed E-state index contributed by atoms with van der Waals surface area (Å²) in [5, 5.41) is 3.52. The quantitative estimate of drug-likeness (QED) is 0.250. The Kier molecular flexibility index (Phi) is 6.30. The molecule has 1 atom stereocenters. The SMILES string of the molecule is CCN(CCC(C)C)c1ccc2c(c1)Oc1cc(Nc3ccccc3)c(C)cc1C21OC(=O)c2ccccc21. The third-order valence-corrected chi connectivity index (χ3v) is 7.82. The second kappa shape index (κ2) is 9.81. The maximum Gasteiger partial charge on any atom is 0.340 e. The third kappa shape index (κ3) is 4.22. The summed E-state index contributed by atoms with van der Waals surface area (Å²) in [6.07, 6.45) is 1.11. The van der Waals surface area contributed by atoms with Crippen LogP contribution in [0.25, 0.3) is 0 Å². The maximum absolute atomic E-state index is 13.2. The Morgan fingerprint density at radius 1 is 0.872 bits per heavy atom. The van der Waals surface area contributed by atoms with Crippen LogP contribution in [0.5, 0.6) is 11.5 Å². The van der Waals surface area contributed by atoms with Gasteiger partial charge in [0.2, 0.25) is 0 Å². The van der Waals surface area contributed by atoms with Gasteiger partial charge in [0.15, 0.2) is 5.60 Å². The van der Waals surface area contributed by atoms with Gasteiger partial charge < -0.3 is 19.7 Å². The lowest BCUT2D eigenvalue weighted by Crippen LogP contribution is -2.33. The highest BCUT2D eigenvalue weighted by atomic mass is 16.6. The topological polar surface area (TPSA) is 50.8 Å². The van der Waals surface area contributed by atoms with E-state index in [4.69, 9.17) is 9.47 Å². The highest BCUT2D eigenvalue weighted by molar-refractivity contribution is 5.97. The number of nitrogens with zero attached hydrogens (tertiary/aromatic N) is 1. The van der Waals surface area contributed by atoms with Crippen molar-refractivity contribution in [2.24, 2.45) is 5.92 Å². The lowest BCUT2D eigenvalue weighted by atomic mass is 9.77. The van der Waals surface area contributed by atoms with Crippen LogP contribution in [0.2, 0.25) is 0 Å². The molecule has 198 valence electrons. The second-order valence-corrected chi connectivity index (χ2v) is 10.8. The molecular formula is C34H34N2O3. The average molecular weight is 519 g/mol. The number of aryl methyl sites for hydroxylation is 1. The van der Waals surface area contributed by atoms with Crippen molar-refractivity contribution in [2.75, 3.05) is 23.3 Å². The van der Waals surface area contributed by atoms with Gasteiger partial charge in [-0.2, -0.15) is 0 Å². The first-order valence-corrected chi connectivity index (χ1v) is 13.8. The van der Waals surface area contributed by atoms with E-state index in [-0.39, 0.29) is 5.97 Å². The molecule has 1 spiro atoms. The number of nitrogens with one attached hydrogen (secondary N) is 1. The van der Waals surface area contributed by atoms with Crippen molar-refractivity contribution in [1.82, 2.24) is 0 Å². The molecule has 0 aromatic heterocycles. The van der Waals surface area contributed by atoms with Gasteiger partial charge in [-0.05, 0) is 68.1 Å². The van der Waals surface area contributed by atoms with Gasteiger partial charge in [0.05, 0.1) is 5.56 Å². The van der Waals surface area contributed by atoms with Gasteiger partial charge in [-0.25, -0.2) is 4.79 Å². The fourth-order valence-corrected chi connectivity index (χ4v) is 5.71. The van der Waals surface area contributed by atoms with E-state index in [0.717, 1.165) is 58.8 Å². The molecule has 5 nitrogen and oxygen atoms in total. The zero-order chi connectivity index (χ0) is 27.1. The number of ether oxygens (including phenoxy) is 2. The lowest BCUT2D eigenvalue weighted by Gasteiger charge is -2.38. The monoisotopic (exact) mass is 518 g/mol. The molecule has 0 saturated carbocycles. The Bertz CT molecular complexity index is 1550. The smallest absolute Gasteiger partial charge is 0.340 e. The van der Waals surface area contributed by atoms with Crippen LogP contribution in [0, 0.1) is 12.8 Å². The van der Waals surface area contributed by atoms with Crippen molar-refractivity contribution >= 4 is 23.0 Å². The van der Waals surface area contributed by atoms with Gasteiger partial charge in [-0.15, -0.1) is 0 Å². The lowest BCUT2D eigenvalue weighted by molar-refractivity contribution is 0.0224. The predicted molar refractivity (Wildman–Crippen MR) is 157 cm³/mol. The molecule has 0 aliphatic carbocycles. The van der Waals surface area contributed by atoms with Crippen LogP contribution in [0.15, 0.2) is 84.9 Å². The molecular weight excluding hydrogens is 484 g/mol. The molecule has 2 aliphatic rings. The Hall–Kier alpha value is -4.25. The van der Waals surface area contributed by atoms with Crippen LogP contribution in [0.3, 0.4) is 0 Å². The number of hydrogen-bond donors (Lipinski definition) is 1. The summed E-state index contributed by atoms with van der Waals surface area (Å²) in [5.41, 5.74) is 6.13. The van der Waals surface area contributed by atoms with Gasteiger partial charge in [0.25, 0.3) is 0 Å². The van der Waals surface area contributed by atoms with E-state index in [9.17, 15) is 4.79 Å². The molecule has 4 aromatic carbocycles. The Morgan fingerprint density at radius 2 is 1.62 bits per heavy atom. The summed E-state index contributed by atoms with van der Waals surface area (Å²) in [6.45, 7) is 10.6. The van der Waals surface area contributed by atoms with Crippen molar-refractivity contribution in [1.29, 1.82) is 0 Å². The fraction of sp³-hybridized carbons (Fsp3) is 0.265. The van der Waals surface area contributed by atoms with Gasteiger partial charge in [-0.3, -0.25) is 0 Å². The summed E-state index contributed by atoms with van der Waals surface area (Å²) < 4.78 is 13.0. The highest BCUT2D eigenvalue weighted by Gasteiger charge is 2.53. The minimum absolute atomic E-state index is 0.315. The van der Waals surface area contributed by atoms with E-state index in [1.165, 1.54) is 0 Å². The number of fused-ring (bicyclic) bond motifs is 6. The van der Waals surface area contributed by atoms with E-state index in [1.54, 1.807) is 0 Å². The molecule has 1 N–H and O–H groups in total. The molecule has 2 heterocycles. The molecule has 0 amide bonds. The maximum atomic E-state index is 13.2. The van der Waals surface area contributed by atoms with Crippen LogP contribution < -0.4 is 15.0 Å². The van der Waals surface area contributed by atoms with Crippen molar-refractivity contribution in [2.45, 2.75) is 39.7 Å². The molecule has 0 bridgehead atoms. The van der Waals surface area contributed by atoms with Crippen LogP contribution in [-0.2, 0) is 10.3 Å². The van der Waals surface area contributed by atoms with E-state index >= 15 is 0 Å².